The summed E-state index contributed by atoms with van der Waals surface area (Å²) in [5.41, 5.74) is 2.27. The zero-order chi connectivity index (χ0) is 9.40. The van der Waals surface area contributed by atoms with Gasteiger partial charge < -0.3 is 0 Å². The molecule has 0 aromatic heterocycles. The van der Waals surface area contributed by atoms with Crippen molar-refractivity contribution in [3.05, 3.63) is 0 Å². The van der Waals surface area contributed by atoms with Gasteiger partial charge in [0.05, 0.1) is 0 Å². The summed E-state index contributed by atoms with van der Waals surface area (Å²) < 4.78 is 0. The molecule has 0 rings (SSSR count). The summed E-state index contributed by atoms with van der Waals surface area (Å²) >= 11 is 1.25. The molecule has 0 radical (unpaired) electrons. The van der Waals surface area contributed by atoms with Crippen LogP contribution in [0.15, 0.2) is 5.10 Å². The molecule has 0 aromatic carbocycles. The molecule has 68 valence electrons. The third-order valence-corrected chi connectivity index (χ3v) is 1.71. The minimum atomic E-state index is -0.189. The Kier molecular flexibility index (Phi) is 6.37. The SMILES string of the molecule is CC(=O)NN=CCCSC(C)=O. The summed E-state index contributed by atoms with van der Waals surface area (Å²) in [6.45, 7) is 2.91. The maximum atomic E-state index is 10.4. The number of nitrogens with one attached hydrogen (secondary N) is 1. The topological polar surface area (TPSA) is 58.5 Å². The van der Waals surface area contributed by atoms with Crippen molar-refractivity contribution in [2.24, 2.45) is 5.10 Å². The predicted octanol–water partition coefficient (Wildman–Crippen LogP) is 0.778. The highest BCUT2D eigenvalue weighted by Gasteiger charge is 1.90. The van der Waals surface area contributed by atoms with Gasteiger partial charge in [-0.15, -0.1) is 0 Å². The van der Waals surface area contributed by atoms with Gasteiger partial charge in [0.1, 0.15) is 0 Å². The van der Waals surface area contributed by atoms with E-state index in [1.807, 2.05) is 0 Å². The molecule has 1 amide bonds. The van der Waals surface area contributed by atoms with Gasteiger partial charge in [-0.25, -0.2) is 5.43 Å². The Morgan fingerprint density at radius 1 is 1.50 bits per heavy atom. The molecule has 5 heteroatoms. The van der Waals surface area contributed by atoms with E-state index in [0.717, 1.165) is 0 Å². The highest BCUT2D eigenvalue weighted by atomic mass is 32.2. The smallest absolute Gasteiger partial charge is 0.236 e. The minimum absolute atomic E-state index is 0.0999. The molecule has 0 fully saturated rings. The second kappa shape index (κ2) is 6.84. The molecule has 12 heavy (non-hydrogen) atoms. The fourth-order valence-corrected chi connectivity index (χ4v) is 0.967. The molecule has 0 saturated heterocycles. The van der Waals surface area contributed by atoms with Gasteiger partial charge in [0.15, 0.2) is 5.12 Å². The number of thioether (sulfide) groups is 1. The minimum Gasteiger partial charge on any atom is -0.288 e. The summed E-state index contributed by atoms with van der Waals surface area (Å²) in [7, 11) is 0. The van der Waals surface area contributed by atoms with Crippen LogP contribution in [0, 0.1) is 0 Å². The molecular formula is C7H12N2O2S. The number of amides is 1. The largest absolute Gasteiger partial charge is 0.288 e. The lowest BCUT2D eigenvalue weighted by Crippen LogP contribution is -2.12. The molecule has 1 N–H and O–H groups in total. The molecule has 0 spiro atoms. The quantitative estimate of drug-likeness (QED) is 0.403. The first-order valence-corrected chi connectivity index (χ1v) is 4.53. The molecule has 0 bridgehead atoms. The van der Waals surface area contributed by atoms with Crippen molar-refractivity contribution in [1.29, 1.82) is 0 Å². The van der Waals surface area contributed by atoms with E-state index in [9.17, 15) is 9.59 Å². The lowest BCUT2D eigenvalue weighted by molar-refractivity contribution is -0.119. The summed E-state index contributed by atoms with van der Waals surface area (Å²) in [5.74, 6) is 0.517. The first-order chi connectivity index (χ1) is 5.63. The molecule has 0 heterocycles. The monoisotopic (exact) mass is 188 g/mol. The summed E-state index contributed by atoms with van der Waals surface area (Å²) in [5, 5.41) is 3.72. The highest BCUT2D eigenvalue weighted by molar-refractivity contribution is 8.13. The zero-order valence-corrected chi connectivity index (χ0v) is 7.98. The van der Waals surface area contributed by atoms with E-state index in [0.29, 0.717) is 12.2 Å². The van der Waals surface area contributed by atoms with E-state index in [1.54, 1.807) is 6.21 Å². The van der Waals surface area contributed by atoms with Crippen LogP contribution in [0.1, 0.15) is 20.3 Å². The number of hydrogen-bond acceptors (Lipinski definition) is 4. The van der Waals surface area contributed by atoms with Crippen LogP contribution in [0.4, 0.5) is 0 Å². The summed E-state index contributed by atoms with van der Waals surface area (Å²) in [6, 6.07) is 0. The van der Waals surface area contributed by atoms with Crippen LogP contribution in [0.5, 0.6) is 0 Å². The summed E-state index contributed by atoms with van der Waals surface area (Å²) in [4.78, 5) is 20.7. The van der Waals surface area contributed by atoms with Crippen LogP contribution in [-0.2, 0) is 9.59 Å². The Morgan fingerprint density at radius 2 is 2.17 bits per heavy atom. The van der Waals surface area contributed by atoms with Crippen LogP contribution < -0.4 is 5.43 Å². The van der Waals surface area contributed by atoms with Gasteiger partial charge in [0.25, 0.3) is 0 Å². The Balaban J connectivity index is 3.25. The van der Waals surface area contributed by atoms with Gasteiger partial charge in [-0.05, 0) is 6.42 Å². The van der Waals surface area contributed by atoms with E-state index in [2.05, 4.69) is 10.5 Å². The maximum absolute atomic E-state index is 10.4. The Morgan fingerprint density at radius 3 is 2.67 bits per heavy atom. The molecule has 0 unspecified atom stereocenters. The van der Waals surface area contributed by atoms with Crippen molar-refractivity contribution < 1.29 is 9.59 Å². The van der Waals surface area contributed by atoms with Gasteiger partial charge in [-0.1, -0.05) is 11.8 Å². The Labute approximate surface area is 75.8 Å². The van der Waals surface area contributed by atoms with E-state index >= 15 is 0 Å². The second-order valence-corrected chi connectivity index (χ2v) is 3.38. The van der Waals surface area contributed by atoms with Gasteiger partial charge in [-0.3, -0.25) is 9.59 Å². The summed E-state index contributed by atoms with van der Waals surface area (Å²) in [6.07, 6.45) is 2.27. The number of hydrogen-bond donors (Lipinski definition) is 1. The Hall–Kier alpha value is -0.840. The van der Waals surface area contributed by atoms with Crippen LogP contribution in [0.3, 0.4) is 0 Å². The van der Waals surface area contributed by atoms with Crippen LogP contribution >= 0.6 is 11.8 Å². The van der Waals surface area contributed by atoms with Gasteiger partial charge in [-0.2, -0.15) is 5.10 Å². The van der Waals surface area contributed by atoms with E-state index in [4.69, 9.17) is 0 Å². The molecular weight excluding hydrogens is 176 g/mol. The molecule has 0 aliphatic rings. The highest BCUT2D eigenvalue weighted by Crippen LogP contribution is 2.00. The zero-order valence-electron chi connectivity index (χ0n) is 7.16. The molecule has 4 nitrogen and oxygen atoms in total. The Bertz CT molecular complexity index is 192. The molecule has 0 aliphatic carbocycles. The molecule has 0 aliphatic heterocycles. The number of carbonyl (C=O) groups excluding carboxylic acids is 2. The van der Waals surface area contributed by atoms with Crippen molar-refractivity contribution in [3.8, 4) is 0 Å². The van der Waals surface area contributed by atoms with Gasteiger partial charge >= 0.3 is 0 Å². The van der Waals surface area contributed by atoms with Crippen LogP contribution in [0.2, 0.25) is 0 Å². The van der Waals surface area contributed by atoms with Crippen molar-refractivity contribution in [2.75, 3.05) is 5.75 Å². The van der Waals surface area contributed by atoms with Crippen LogP contribution in [-0.4, -0.2) is 23.0 Å². The first-order valence-electron chi connectivity index (χ1n) is 3.54. The van der Waals surface area contributed by atoms with E-state index in [1.165, 1.54) is 25.6 Å². The average Bonchev–Trinajstić information content (AvgIpc) is 1.95. The third-order valence-electron chi connectivity index (χ3n) is 0.866. The fraction of sp³-hybridized carbons (Fsp3) is 0.571. The first kappa shape index (κ1) is 11.2. The predicted molar refractivity (Wildman–Crippen MR) is 50.1 cm³/mol. The number of hydrazone groups is 1. The second-order valence-electron chi connectivity index (χ2n) is 2.11. The number of carbonyl (C=O) groups is 2. The van der Waals surface area contributed by atoms with Crippen LogP contribution in [0.25, 0.3) is 0 Å². The van der Waals surface area contributed by atoms with Crippen molar-refractivity contribution in [3.63, 3.8) is 0 Å². The van der Waals surface area contributed by atoms with Crippen molar-refractivity contribution in [2.45, 2.75) is 20.3 Å². The number of nitrogens with zero attached hydrogens (tertiary/aromatic N) is 1. The van der Waals surface area contributed by atoms with E-state index in [-0.39, 0.29) is 11.0 Å². The standard InChI is InChI=1S/C7H12N2O2S/c1-6(10)9-8-4-3-5-12-7(2)11/h4H,3,5H2,1-2H3,(H,9,10). The molecule has 0 aromatic rings. The molecule has 0 atom stereocenters. The lowest BCUT2D eigenvalue weighted by atomic mass is 10.5. The van der Waals surface area contributed by atoms with Crippen molar-refractivity contribution in [1.82, 2.24) is 5.43 Å². The molecule has 0 saturated carbocycles. The average molecular weight is 188 g/mol. The van der Waals surface area contributed by atoms with Crippen molar-refractivity contribution >= 4 is 29.0 Å². The lowest BCUT2D eigenvalue weighted by Gasteiger charge is -1.91. The third kappa shape index (κ3) is 9.16. The van der Waals surface area contributed by atoms with Gasteiger partial charge in [0, 0.05) is 25.8 Å². The maximum Gasteiger partial charge on any atom is 0.236 e. The fourth-order valence-electron chi connectivity index (χ4n) is 0.456. The normalized spacial score (nSPS) is 10.2. The van der Waals surface area contributed by atoms with Gasteiger partial charge in [0.2, 0.25) is 5.91 Å². The number of rotatable bonds is 4. The van der Waals surface area contributed by atoms with E-state index < -0.39 is 0 Å².